The zero-order chi connectivity index (χ0) is 6.91. The molecule has 0 N–H and O–H groups in total. The van der Waals surface area contributed by atoms with Gasteiger partial charge in [0.05, 0.1) is 13.2 Å². The van der Waals surface area contributed by atoms with Crippen molar-refractivity contribution in [2.75, 3.05) is 13.2 Å². The van der Waals surface area contributed by atoms with Crippen molar-refractivity contribution < 1.29 is 9.16 Å². The number of rotatable bonds is 3. The minimum atomic E-state index is -0.810. The predicted octanol–water partition coefficient (Wildman–Crippen LogP) is 0.775. The highest BCUT2D eigenvalue weighted by molar-refractivity contribution is 6.48. The van der Waals surface area contributed by atoms with E-state index in [0.29, 0.717) is 0 Å². The maximum absolute atomic E-state index is 5.48. The molecule has 0 aliphatic carbocycles. The minimum Gasteiger partial charge on any atom is -0.418 e. The predicted molar refractivity (Wildman–Crippen MR) is 39.2 cm³/mol. The molecule has 1 fully saturated rings. The molecule has 3 heteroatoms. The molecule has 1 rings (SSSR count). The van der Waals surface area contributed by atoms with Crippen LogP contribution in [0.25, 0.3) is 0 Å². The van der Waals surface area contributed by atoms with Crippen LogP contribution in [0.4, 0.5) is 0 Å². The molecule has 0 aromatic carbocycles. The van der Waals surface area contributed by atoms with Gasteiger partial charge in [-0.15, -0.1) is 0 Å². The van der Waals surface area contributed by atoms with Gasteiger partial charge in [0, 0.05) is 0 Å². The second-order valence-corrected chi connectivity index (χ2v) is 5.53. The smallest absolute Gasteiger partial charge is 0.171 e. The summed E-state index contributed by atoms with van der Waals surface area (Å²) >= 11 is 0. The molecule has 1 saturated heterocycles. The first-order valence-electron chi connectivity index (χ1n) is 3.38. The van der Waals surface area contributed by atoms with Gasteiger partial charge in [-0.25, -0.2) is 0 Å². The van der Waals surface area contributed by atoms with Gasteiger partial charge in [-0.05, 0) is 20.0 Å². The van der Waals surface area contributed by atoms with E-state index < -0.39 is 9.04 Å². The van der Waals surface area contributed by atoms with Gasteiger partial charge in [-0.2, -0.15) is 0 Å². The van der Waals surface area contributed by atoms with Crippen molar-refractivity contribution in [3.8, 4) is 0 Å². The van der Waals surface area contributed by atoms with Gasteiger partial charge >= 0.3 is 0 Å². The normalized spacial score (nSPS) is 33.3. The summed E-state index contributed by atoms with van der Waals surface area (Å²) in [5.41, 5.74) is 0.0945. The zero-order valence-corrected chi connectivity index (χ0v) is 7.46. The fraction of sp³-hybridized carbons (Fsp3) is 1.00. The van der Waals surface area contributed by atoms with Gasteiger partial charge in [-0.1, -0.05) is 0 Å². The lowest BCUT2D eigenvalue weighted by Crippen LogP contribution is -2.20. The molecule has 1 aliphatic rings. The Morgan fingerprint density at radius 3 is 2.56 bits per heavy atom. The molecule has 0 aromatic heterocycles. The van der Waals surface area contributed by atoms with Crippen LogP contribution in [0.15, 0.2) is 0 Å². The first kappa shape index (κ1) is 7.25. The first-order chi connectivity index (χ1) is 4.12. The van der Waals surface area contributed by atoms with E-state index in [2.05, 4.69) is 20.0 Å². The molecule has 0 amide bonds. The summed E-state index contributed by atoms with van der Waals surface area (Å²) in [5, 5.41) is 0. The molecule has 0 aromatic rings. The maximum atomic E-state index is 5.48. The Balaban J connectivity index is 2.05. The van der Waals surface area contributed by atoms with Gasteiger partial charge in [0.2, 0.25) is 0 Å². The van der Waals surface area contributed by atoms with Crippen LogP contribution >= 0.6 is 0 Å². The number of epoxide rings is 1. The lowest BCUT2D eigenvalue weighted by molar-refractivity contribution is 0.204. The van der Waals surface area contributed by atoms with Gasteiger partial charge < -0.3 is 9.16 Å². The molecule has 1 unspecified atom stereocenters. The van der Waals surface area contributed by atoms with Gasteiger partial charge in [-0.3, -0.25) is 0 Å². The van der Waals surface area contributed by atoms with Crippen LogP contribution in [0.5, 0.6) is 0 Å². The highest BCUT2D eigenvalue weighted by atomic mass is 28.3. The van der Waals surface area contributed by atoms with Crippen molar-refractivity contribution in [2.45, 2.75) is 25.6 Å². The molecule has 2 nitrogen and oxygen atoms in total. The van der Waals surface area contributed by atoms with Crippen LogP contribution < -0.4 is 0 Å². The van der Waals surface area contributed by atoms with Crippen molar-refractivity contribution in [1.29, 1.82) is 0 Å². The summed E-state index contributed by atoms with van der Waals surface area (Å²) in [6.07, 6.45) is 0. The van der Waals surface area contributed by atoms with Crippen molar-refractivity contribution in [2.24, 2.45) is 0 Å². The van der Waals surface area contributed by atoms with Crippen molar-refractivity contribution in [3.63, 3.8) is 0 Å². The molecule has 1 atom stereocenters. The highest BCUT2D eigenvalue weighted by Crippen LogP contribution is 2.25. The second-order valence-electron chi connectivity index (χ2n) is 3.10. The number of hydrogen-bond acceptors (Lipinski definition) is 2. The van der Waals surface area contributed by atoms with E-state index in [4.69, 9.17) is 9.16 Å². The van der Waals surface area contributed by atoms with Crippen LogP contribution in [0.2, 0.25) is 13.1 Å². The molecule has 0 saturated carbocycles. The van der Waals surface area contributed by atoms with Crippen LogP contribution in [-0.2, 0) is 9.16 Å². The molecule has 0 spiro atoms. The molecule has 0 bridgehead atoms. The van der Waals surface area contributed by atoms with Crippen LogP contribution in [-0.4, -0.2) is 27.9 Å². The minimum absolute atomic E-state index is 0.0945. The van der Waals surface area contributed by atoms with Crippen LogP contribution in [0.3, 0.4) is 0 Å². The van der Waals surface area contributed by atoms with Crippen molar-refractivity contribution >= 4 is 9.04 Å². The van der Waals surface area contributed by atoms with E-state index in [0.717, 1.165) is 13.2 Å². The summed E-state index contributed by atoms with van der Waals surface area (Å²) in [7, 11) is -0.810. The van der Waals surface area contributed by atoms with E-state index in [-0.39, 0.29) is 5.60 Å². The highest BCUT2D eigenvalue weighted by Gasteiger charge is 2.39. The topological polar surface area (TPSA) is 21.8 Å². The monoisotopic (exact) mass is 146 g/mol. The largest absolute Gasteiger partial charge is 0.418 e. The maximum Gasteiger partial charge on any atom is 0.171 e. The Labute approximate surface area is 57.9 Å². The van der Waals surface area contributed by atoms with E-state index in [9.17, 15) is 0 Å². The van der Waals surface area contributed by atoms with E-state index in [1.54, 1.807) is 0 Å². The van der Waals surface area contributed by atoms with Gasteiger partial charge in [0.1, 0.15) is 5.60 Å². The Kier molecular flexibility index (Phi) is 1.93. The van der Waals surface area contributed by atoms with Crippen LogP contribution in [0.1, 0.15) is 6.92 Å². The molecular formula is C6H14O2Si. The third kappa shape index (κ3) is 2.47. The Morgan fingerprint density at radius 2 is 2.22 bits per heavy atom. The number of ether oxygens (including phenoxy) is 1. The Morgan fingerprint density at radius 1 is 1.67 bits per heavy atom. The quantitative estimate of drug-likeness (QED) is 0.433. The van der Waals surface area contributed by atoms with Crippen molar-refractivity contribution in [3.05, 3.63) is 0 Å². The summed E-state index contributed by atoms with van der Waals surface area (Å²) in [6, 6.07) is 0. The van der Waals surface area contributed by atoms with Crippen molar-refractivity contribution in [1.82, 2.24) is 0 Å². The average molecular weight is 146 g/mol. The Bertz CT molecular complexity index is 99.2. The van der Waals surface area contributed by atoms with E-state index in [1.165, 1.54) is 0 Å². The fourth-order valence-electron chi connectivity index (χ4n) is 0.549. The lowest BCUT2D eigenvalue weighted by atomic mass is 10.2. The standard InChI is InChI=1S/C6H14O2Si/c1-6(4-7-6)5-8-9(2)3/h9H,4-5H2,1-3H3. The molecule has 1 heterocycles. The molecule has 1 aliphatic heterocycles. The third-order valence-corrected chi connectivity index (χ3v) is 2.19. The molecular weight excluding hydrogens is 132 g/mol. The van der Waals surface area contributed by atoms with Gasteiger partial charge in [0.25, 0.3) is 0 Å². The summed E-state index contributed by atoms with van der Waals surface area (Å²) < 4.78 is 10.6. The first-order valence-corrected chi connectivity index (χ1v) is 6.16. The summed E-state index contributed by atoms with van der Waals surface area (Å²) in [6.45, 7) is 8.12. The average Bonchev–Trinajstić information content (AvgIpc) is 2.45. The van der Waals surface area contributed by atoms with E-state index in [1.807, 2.05) is 0 Å². The second kappa shape index (κ2) is 2.40. The van der Waals surface area contributed by atoms with E-state index >= 15 is 0 Å². The molecule has 54 valence electrons. The van der Waals surface area contributed by atoms with Gasteiger partial charge in [0.15, 0.2) is 9.04 Å². The lowest BCUT2D eigenvalue weighted by Gasteiger charge is -2.08. The van der Waals surface area contributed by atoms with Crippen LogP contribution in [0, 0.1) is 0 Å². The zero-order valence-electron chi connectivity index (χ0n) is 6.31. The fourth-order valence-corrected chi connectivity index (χ4v) is 1.24. The molecule has 9 heavy (non-hydrogen) atoms. The molecule has 0 radical (unpaired) electrons. The summed E-state index contributed by atoms with van der Waals surface area (Å²) in [5.74, 6) is 0. The number of hydrogen-bond donors (Lipinski definition) is 0. The Hall–Kier alpha value is 0.137. The third-order valence-electron chi connectivity index (χ3n) is 1.36. The summed E-state index contributed by atoms with van der Waals surface area (Å²) in [4.78, 5) is 0. The SMILES string of the molecule is C[SiH](C)OCC1(C)CO1.